The van der Waals surface area contributed by atoms with E-state index < -0.39 is 67.5 Å². The molecule has 10 atom stereocenters. The Labute approximate surface area is 139 Å². The van der Waals surface area contributed by atoms with Crippen LogP contribution in [-0.2, 0) is 14.2 Å². The van der Waals surface area contributed by atoms with Crippen LogP contribution in [0, 0.1) is 5.92 Å². The van der Waals surface area contributed by atoms with E-state index in [1.165, 1.54) is 7.11 Å². The van der Waals surface area contributed by atoms with Gasteiger partial charge in [0.1, 0.15) is 18.3 Å². The smallest absolute Gasteiger partial charge is 0.175 e. The second-order valence-corrected chi connectivity index (χ2v) is 6.38. The third-order valence-electron chi connectivity index (χ3n) is 4.93. The highest BCUT2D eigenvalue weighted by Crippen LogP contribution is 2.32. The molecule has 2 saturated heterocycles. The molecule has 2 fully saturated rings. The second kappa shape index (κ2) is 8.32. The molecule has 2 aliphatic rings. The lowest BCUT2D eigenvalue weighted by Crippen LogP contribution is -2.64. The summed E-state index contributed by atoms with van der Waals surface area (Å²) < 4.78 is 16.2. The fraction of sp³-hybridized carbons (Fsp3) is 1.00. The molecule has 0 amide bonds. The molecule has 5 unspecified atom stereocenters. The lowest BCUT2D eigenvalue weighted by molar-refractivity contribution is -0.254. The van der Waals surface area contributed by atoms with Crippen molar-refractivity contribution in [2.75, 3.05) is 20.3 Å². The Balaban J connectivity index is 2.12. The number of rotatable bonds is 5. The highest BCUT2D eigenvalue weighted by molar-refractivity contribution is 4.99. The first-order valence-electron chi connectivity index (χ1n) is 7.96. The molecule has 2 aliphatic heterocycles. The molecule has 0 aromatic rings. The number of methoxy groups -OCH3 is 1. The minimum Gasteiger partial charge on any atom is -0.394 e. The molecule has 142 valence electrons. The molecule has 0 radical (unpaired) electrons. The van der Waals surface area contributed by atoms with E-state index in [2.05, 4.69) is 0 Å². The van der Waals surface area contributed by atoms with Gasteiger partial charge in [-0.3, -0.25) is 0 Å². The number of nitrogens with two attached hydrogens (primary N) is 2. The molecule has 2 heterocycles. The Hall–Kier alpha value is -0.400. The number of aliphatic hydroxyl groups is 5. The number of hydrogen-bond donors (Lipinski definition) is 7. The summed E-state index contributed by atoms with van der Waals surface area (Å²) in [4.78, 5) is 0. The monoisotopic (exact) mass is 352 g/mol. The Morgan fingerprint density at radius 3 is 2.00 bits per heavy atom. The van der Waals surface area contributed by atoms with Crippen LogP contribution in [0.5, 0.6) is 0 Å². The van der Waals surface area contributed by atoms with Gasteiger partial charge in [-0.2, -0.15) is 0 Å². The van der Waals surface area contributed by atoms with Gasteiger partial charge in [-0.05, 0) is 6.42 Å². The molecule has 0 aromatic carbocycles. The molecule has 0 saturated carbocycles. The van der Waals surface area contributed by atoms with Gasteiger partial charge in [0.05, 0.1) is 43.6 Å². The van der Waals surface area contributed by atoms with E-state index in [1.807, 2.05) is 0 Å². The highest BCUT2D eigenvalue weighted by Gasteiger charge is 2.48. The van der Waals surface area contributed by atoms with Crippen molar-refractivity contribution in [2.24, 2.45) is 17.4 Å². The molecule has 0 aliphatic carbocycles. The summed E-state index contributed by atoms with van der Waals surface area (Å²) in [5.41, 5.74) is 11.8. The average Bonchev–Trinajstić information content (AvgIpc) is 2.59. The van der Waals surface area contributed by atoms with Crippen LogP contribution in [-0.4, -0.2) is 101 Å². The molecule has 0 spiro atoms. The summed E-state index contributed by atoms with van der Waals surface area (Å²) in [6, 6.07) is -1.75. The van der Waals surface area contributed by atoms with Gasteiger partial charge < -0.3 is 51.2 Å². The van der Waals surface area contributed by atoms with E-state index >= 15 is 0 Å². The van der Waals surface area contributed by atoms with Gasteiger partial charge in [0.15, 0.2) is 6.29 Å². The van der Waals surface area contributed by atoms with Crippen LogP contribution in [0.15, 0.2) is 0 Å². The van der Waals surface area contributed by atoms with Crippen LogP contribution in [0.3, 0.4) is 0 Å². The fourth-order valence-electron chi connectivity index (χ4n) is 3.41. The fourth-order valence-corrected chi connectivity index (χ4v) is 3.41. The zero-order valence-electron chi connectivity index (χ0n) is 13.5. The molecule has 24 heavy (non-hydrogen) atoms. The molecule has 10 nitrogen and oxygen atoms in total. The van der Waals surface area contributed by atoms with Crippen molar-refractivity contribution in [3.8, 4) is 0 Å². The summed E-state index contributed by atoms with van der Waals surface area (Å²) in [7, 11) is 1.38. The zero-order valence-corrected chi connectivity index (χ0v) is 13.5. The van der Waals surface area contributed by atoms with E-state index in [1.54, 1.807) is 0 Å². The maximum atomic E-state index is 10.4. The van der Waals surface area contributed by atoms with Crippen LogP contribution >= 0.6 is 0 Å². The Morgan fingerprint density at radius 2 is 1.46 bits per heavy atom. The van der Waals surface area contributed by atoms with E-state index in [0.29, 0.717) is 0 Å². The van der Waals surface area contributed by atoms with Crippen molar-refractivity contribution in [3.05, 3.63) is 0 Å². The minimum atomic E-state index is -1.30. The van der Waals surface area contributed by atoms with E-state index in [-0.39, 0.29) is 13.0 Å². The Morgan fingerprint density at radius 1 is 0.833 bits per heavy atom. The number of ether oxygens (including phenoxy) is 3. The van der Waals surface area contributed by atoms with Crippen molar-refractivity contribution in [1.82, 2.24) is 0 Å². The highest BCUT2D eigenvalue weighted by atomic mass is 16.7. The van der Waals surface area contributed by atoms with Crippen molar-refractivity contribution < 1.29 is 39.7 Å². The normalized spacial score (nSPS) is 50.0. The third-order valence-corrected chi connectivity index (χ3v) is 4.93. The van der Waals surface area contributed by atoms with E-state index in [0.717, 1.165) is 0 Å². The first-order valence-corrected chi connectivity index (χ1v) is 7.96. The molecule has 0 aromatic heterocycles. The van der Waals surface area contributed by atoms with Crippen molar-refractivity contribution in [2.45, 2.75) is 61.4 Å². The quantitative estimate of drug-likeness (QED) is 0.256. The summed E-state index contributed by atoms with van der Waals surface area (Å²) in [6.45, 7) is -0.856. The summed E-state index contributed by atoms with van der Waals surface area (Å²) >= 11 is 0. The van der Waals surface area contributed by atoms with E-state index in [9.17, 15) is 25.5 Å². The topological polar surface area (TPSA) is 181 Å². The predicted molar refractivity (Wildman–Crippen MR) is 80.6 cm³/mol. The van der Waals surface area contributed by atoms with Crippen LogP contribution < -0.4 is 11.5 Å². The average molecular weight is 352 g/mol. The summed E-state index contributed by atoms with van der Waals surface area (Å²) in [6.07, 6.45) is -6.86. The number of hydrogen-bond acceptors (Lipinski definition) is 10. The van der Waals surface area contributed by atoms with Crippen LogP contribution in [0.25, 0.3) is 0 Å². The number of aliphatic hydroxyl groups excluding tert-OH is 5. The standard InChI is InChI=1S/C14H28N2O8/c1-22-14-10(16)11(19)5(7(3-17)24-14)2-6-9(15)13(21)12(20)8(4-18)23-6/h5-14,17-21H,2-4,15-16H2,1H3/t5-,6?,7?,8?,9+,10+,11?,12?,13-,14+/m1/s1. The maximum Gasteiger partial charge on any atom is 0.175 e. The third kappa shape index (κ3) is 3.73. The SMILES string of the molecule is CO[C@H]1OC(CO)[C@@H](CC2OC(CO)C(O)[C@H](O)[C@H]2N)C(O)[C@@H]1N. The lowest BCUT2D eigenvalue weighted by atomic mass is 9.80. The summed E-state index contributed by atoms with van der Waals surface area (Å²) in [5, 5.41) is 49.1. The molecular weight excluding hydrogens is 324 g/mol. The van der Waals surface area contributed by atoms with Crippen LogP contribution in [0.2, 0.25) is 0 Å². The first kappa shape index (κ1) is 19.9. The predicted octanol–water partition coefficient (Wildman–Crippen LogP) is -4.15. The van der Waals surface area contributed by atoms with Crippen LogP contribution in [0.1, 0.15) is 6.42 Å². The van der Waals surface area contributed by atoms with E-state index in [4.69, 9.17) is 25.7 Å². The van der Waals surface area contributed by atoms with Crippen molar-refractivity contribution >= 4 is 0 Å². The molecule has 0 bridgehead atoms. The summed E-state index contributed by atoms with van der Waals surface area (Å²) in [5.74, 6) is -0.616. The molecule has 10 heteroatoms. The van der Waals surface area contributed by atoms with Crippen LogP contribution in [0.4, 0.5) is 0 Å². The Bertz CT molecular complexity index is 399. The minimum absolute atomic E-state index is 0.123. The largest absolute Gasteiger partial charge is 0.394 e. The molecule has 2 rings (SSSR count). The van der Waals surface area contributed by atoms with Crippen molar-refractivity contribution in [1.29, 1.82) is 0 Å². The van der Waals surface area contributed by atoms with Gasteiger partial charge in [0.25, 0.3) is 0 Å². The Kier molecular flexibility index (Phi) is 6.90. The molecule has 9 N–H and O–H groups in total. The van der Waals surface area contributed by atoms with Gasteiger partial charge in [0, 0.05) is 13.0 Å². The lowest BCUT2D eigenvalue weighted by Gasteiger charge is -2.46. The van der Waals surface area contributed by atoms with Gasteiger partial charge in [-0.25, -0.2) is 0 Å². The maximum absolute atomic E-state index is 10.4. The van der Waals surface area contributed by atoms with Crippen molar-refractivity contribution in [3.63, 3.8) is 0 Å². The molecular formula is C14H28N2O8. The van der Waals surface area contributed by atoms with Gasteiger partial charge in [-0.15, -0.1) is 0 Å². The van der Waals surface area contributed by atoms with Gasteiger partial charge in [-0.1, -0.05) is 0 Å². The second-order valence-electron chi connectivity index (χ2n) is 6.38. The first-order chi connectivity index (χ1) is 11.3. The zero-order chi connectivity index (χ0) is 18.0. The van der Waals surface area contributed by atoms with Gasteiger partial charge in [0.2, 0.25) is 0 Å². The van der Waals surface area contributed by atoms with Gasteiger partial charge >= 0.3 is 0 Å².